The summed E-state index contributed by atoms with van der Waals surface area (Å²) in [6.45, 7) is 4.91. The van der Waals surface area contributed by atoms with E-state index < -0.39 is 5.97 Å². The van der Waals surface area contributed by atoms with E-state index >= 15 is 0 Å². The van der Waals surface area contributed by atoms with Gasteiger partial charge < -0.3 is 15.3 Å². The normalized spacial score (nSPS) is 10.2. The van der Waals surface area contributed by atoms with E-state index in [2.05, 4.69) is 10.3 Å². The maximum Gasteiger partial charge on any atom is 0.349 e. The number of hydrogen-bond donors (Lipinski definition) is 2. The molecule has 0 aliphatic rings. The number of thiazole rings is 1. The van der Waals surface area contributed by atoms with Crippen LogP contribution in [0.25, 0.3) is 0 Å². The molecule has 1 heterocycles. The first-order valence-corrected chi connectivity index (χ1v) is 6.60. The van der Waals surface area contributed by atoms with E-state index in [0.29, 0.717) is 18.2 Å². The summed E-state index contributed by atoms with van der Waals surface area (Å²) >= 11 is 6.69. The monoisotopic (exact) mass is 291 g/mol. The molecular weight excluding hydrogens is 278 g/mol. The first kappa shape index (κ1) is 14.7. The summed E-state index contributed by atoms with van der Waals surface area (Å²) in [7, 11) is 0. The Kier molecular flexibility index (Phi) is 5.36. The van der Waals surface area contributed by atoms with Gasteiger partial charge in [-0.25, -0.2) is 9.78 Å². The third-order valence-electron chi connectivity index (χ3n) is 2.13. The molecule has 6 nitrogen and oxygen atoms in total. The molecule has 1 amide bonds. The lowest BCUT2D eigenvalue weighted by molar-refractivity contribution is -0.119. The smallest absolute Gasteiger partial charge is 0.349 e. The highest BCUT2D eigenvalue weighted by Gasteiger charge is 2.20. The van der Waals surface area contributed by atoms with Crippen molar-refractivity contribution in [1.29, 1.82) is 0 Å². The van der Waals surface area contributed by atoms with E-state index in [4.69, 9.17) is 16.7 Å². The van der Waals surface area contributed by atoms with Gasteiger partial charge in [0.05, 0.1) is 6.54 Å². The number of hydrogen-bond acceptors (Lipinski definition) is 5. The van der Waals surface area contributed by atoms with Crippen LogP contribution >= 0.6 is 22.9 Å². The van der Waals surface area contributed by atoms with Crippen molar-refractivity contribution in [2.24, 2.45) is 0 Å². The number of rotatable bonds is 6. The molecule has 0 aromatic carbocycles. The van der Waals surface area contributed by atoms with Crippen LogP contribution in [0.5, 0.6) is 0 Å². The molecule has 0 bridgehead atoms. The number of anilines is 1. The molecule has 100 valence electrons. The summed E-state index contributed by atoms with van der Waals surface area (Å²) in [5.74, 6) is -1.25. The summed E-state index contributed by atoms with van der Waals surface area (Å²) in [5, 5.41) is 12.0. The highest BCUT2D eigenvalue weighted by molar-refractivity contribution is 7.18. The molecule has 0 aliphatic carbocycles. The number of carboxylic acids is 1. The van der Waals surface area contributed by atoms with Gasteiger partial charge in [-0.15, -0.1) is 0 Å². The van der Waals surface area contributed by atoms with Crippen molar-refractivity contribution in [2.45, 2.75) is 13.8 Å². The number of carboxylic acid groups (broad SMARTS) is 1. The molecule has 18 heavy (non-hydrogen) atoms. The number of carbonyl (C=O) groups is 2. The molecular formula is C10H14ClN3O3S. The van der Waals surface area contributed by atoms with Crippen LogP contribution in [0.3, 0.4) is 0 Å². The Morgan fingerprint density at radius 2 is 2.17 bits per heavy atom. The molecule has 2 N–H and O–H groups in total. The predicted octanol–water partition coefficient (Wildman–Crippen LogP) is 1.46. The number of carbonyl (C=O) groups excluding carboxylic acids is 1. The van der Waals surface area contributed by atoms with E-state index in [0.717, 1.165) is 11.3 Å². The van der Waals surface area contributed by atoms with Crippen LogP contribution in [0.15, 0.2) is 0 Å². The zero-order valence-electron chi connectivity index (χ0n) is 10.1. The molecule has 0 aliphatic heterocycles. The van der Waals surface area contributed by atoms with Gasteiger partial charge in [-0.3, -0.25) is 4.79 Å². The van der Waals surface area contributed by atoms with Crippen LogP contribution in [0, 0.1) is 0 Å². The summed E-state index contributed by atoms with van der Waals surface area (Å²) < 4.78 is 0. The van der Waals surface area contributed by atoms with Gasteiger partial charge in [-0.05, 0) is 13.8 Å². The van der Waals surface area contributed by atoms with Gasteiger partial charge in [0.2, 0.25) is 5.91 Å². The van der Waals surface area contributed by atoms with Gasteiger partial charge in [0.25, 0.3) is 0 Å². The Balaban J connectivity index is 2.85. The van der Waals surface area contributed by atoms with Crippen LogP contribution in [-0.4, -0.2) is 41.6 Å². The number of aromatic nitrogens is 1. The van der Waals surface area contributed by atoms with Crippen LogP contribution < -0.4 is 10.2 Å². The molecule has 0 radical (unpaired) electrons. The number of nitrogens with one attached hydrogen (secondary N) is 1. The van der Waals surface area contributed by atoms with E-state index in [-0.39, 0.29) is 22.5 Å². The molecule has 0 atom stereocenters. The third-order valence-corrected chi connectivity index (χ3v) is 3.62. The van der Waals surface area contributed by atoms with Gasteiger partial charge in [-0.2, -0.15) is 0 Å². The van der Waals surface area contributed by atoms with Crippen LogP contribution in [0.2, 0.25) is 5.15 Å². The van der Waals surface area contributed by atoms with E-state index in [9.17, 15) is 9.59 Å². The average Bonchev–Trinajstić information content (AvgIpc) is 2.68. The zero-order valence-corrected chi connectivity index (χ0v) is 11.6. The Labute approximate surface area is 114 Å². The lowest BCUT2D eigenvalue weighted by Gasteiger charge is -2.18. The fourth-order valence-electron chi connectivity index (χ4n) is 1.30. The molecule has 1 aromatic rings. The van der Waals surface area contributed by atoms with Gasteiger partial charge >= 0.3 is 5.97 Å². The predicted molar refractivity (Wildman–Crippen MR) is 70.7 cm³/mol. The largest absolute Gasteiger partial charge is 0.477 e. The van der Waals surface area contributed by atoms with Crippen molar-refractivity contribution in [1.82, 2.24) is 10.3 Å². The van der Waals surface area contributed by atoms with E-state index in [1.54, 1.807) is 4.90 Å². The number of amides is 1. The van der Waals surface area contributed by atoms with E-state index in [1.165, 1.54) is 0 Å². The molecule has 0 saturated heterocycles. The quantitative estimate of drug-likeness (QED) is 0.829. The van der Waals surface area contributed by atoms with Gasteiger partial charge in [0.15, 0.2) is 15.2 Å². The zero-order chi connectivity index (χ0) is 13.7. The second-order valence-corrected chi connectivity index (χ2v) is 4.72. The van der Waals surface area contributed by atoms with Crippen molar-refractivity contribution >= 4 is 39.9 Å². The summed E-state index contributed by atoms with van der Waals surface area (Å²) in [6.07, 6.45) is 0. The number of halogens is 1. The Bertz CT molecular complexity index is 450. The van der Waals surface area contributed by atoms with Gasteiger partial charge in [-0.1, -0.05) is 22.9 Å². The van der Waals surface area contributed by atoms with Crippen LogP contribution in [-0.2, 0) is 4.79 Å². The maximum absolute atomic E-state index is 11.5. The van der Waals surface area contributed by atoms with Gasteiger partial charge in [0, 0.05) is 13.1 Å². The first-order valence-electron chi connectivity index (χ1n) is 5.40. The second-order valence-electron chi connectivity index (χ2n) is 3.39. The fourth-order valence-corrected chi connectivity index (χ4v) is 2.49. The van der Waals surface area contributed by atoms with Crippen molar-refractivity contribution in [3.8, 4) is 0 Å². The SMILES string of the molecule is CCNC(=O)CN(CC)c1nc(Cl)c(C(=O)O)s1. The Morgan fingerprint density at radius 1 is 1.50 bits per heavy atom. The van der Waals surface area contributed by atoms with E-state index in [1.807, 2.05) is 13.8 Å². The summed E-state index contributed by atoms with van der Waals surface area (Å²) in [5.41, 5.74) is 0. The lowest BCUT2D eigenvalue weighted by atomic mass is 10.5. The van der Waals surface area contributed by atoms with Crippen LogP contribution in [0.4, 0.5) is 5.13 Å². The maximum atomic E-state index is 11.5. The van der Waals surface area contributed by atoms with Crippen molar-refractivity contribution in [3.63, 3.8) is 0 Å². The number of aromatic carboxylic acids is 1. The number of likely N-dealkylation sites (N-methyl/N-ethyl adjacent to an activating group) is 2. The lowest BCUT2D eigenvalue weighted by Crippen LogP contribution is -2.37. The molecule has 0 unspecified atom stereocenters. The minimum Gasteiger partial charge on any atom is -0.477 e. The number of nitrogens with zero attached hydrogens (tertiary/aromatic N) is 2. The fraction of sp³-hybridized carbons (Fsp3) is 0.500. The average molecular weight is 292 g/mol. The Morgan fingerprint density at radius 3 is 2.61 bits per heavy atom. The Hall–Kier alpha value is -1.34. The summed E-state index contributed by atoms with van der Waals surface area (Å²) in [4.78, 5) is 28.0. The third kappa shape index (κ3) is 3.58. The molecule has 8 heteroatoms. The second kappa shape index (κ2) is 6.55. The molecule has 0 spiro atoms. The van der Waals surface area contributed by atoms with Crippen molar-refractivity contribution < 1.29 is 14.7 Å². The van der Waals surface area contributed by atoms with Crippen molar-refractivity contribution in [2.75, 3.05) is 24.5 Å². The molecule has 1 rings (SSSR count). The first-order chi connectivity index (χ1) is 8.49. The van der Waals surface area contributed by atoms with Gasteiger partial charge in [0.1, 0.15) is 0 Å². The topological polar surface area (TPSA) is 82.5 Å². The minimum absolute atomic E-state index is 0.0129. The highest BCUT2D eigenvalue weighted by atomic mass is 35.5. The molecule has 0 fully saturated rings. The molecule has 1 aromatic heterocycles. The summed E-state index contributed by atoms with van der Waals surface area (Å²) in [6, 6.07) is 0. The molecule has 0 saturated carbocycles. The highest BCUT2D eigenvalue weighted by Crippen LogP contribution is 2.29. The minimum atomic E-state index is -1.11. The standard InChI is InChI=1S/C10H14ClN3O3S/c1-3-12-6(15)5-14(4-2)10-13-8(11)7(18-10)9(16)17/h3-5H2,1-2H3,(H,12,15)(H,16,17). The van der Waals surface area contributed by atoms with Crippen molar-refractivity contribution in [3.05, 3.63) is 10.0 Å². The van der Waals surface area contributed by atoms with Crippen LogP contribution in [0.1, 0.15) is 23.5 Å².